The molecule has 152 valence electrons. The van der Waals surface area contributed by atoms with E-state index in [1.807, 2.05) is 43.3 Å². The third kappa shape index (κ3) is 5.54. The fourth-order valence-corrected chi connectivity index (χ4v) is 4.07. The standard InChI is InChI=1S/C24H25FINO2/c1-16-13-19(10-9-18-7-5-4-6-8-18)23(25)17(2)21(16)14-20-11-12-22(24(26)27-20)29-15-28-3/h4-8,11-13H,9-10,14-15H2,1-3H3. The second kappa shape index (κ2) is 10.2. The number of aromatic nitrogens is 1. The number of hydrogen-bond donors (Lipinski definition) is 0. The Labute approximate surface area is 185 Å². The molecule has 3 rings (SSSR count). The average Bonchev–Trinajstić information content (AvgIpc) is 2.73. The number of rotatable bonds is 8. The molecule has 0 atom stereocenters. The van der Waals surface area contributed by atoms with E-state index < -0.39 is 0 Å². The average molecular weight is 505 g/mol. The van der Waals surface area contributed by atoms with Gasteiger partial charge in [0.05, 0.1) is 0 Å². The van der Waals surface area contributed by atoms with Crippen LogP contribution in [-0.2, 0) is 24.0 Å². The van der Waals surface area contributed by atoms with Gasteiger partial charge in [-0.15, -0.1) is 0 Å². The van der Waals surface area contributed by atoms with Gasteiger partial charge in [-0.2, -0.15) is 0 Å². The zero-order chi connectivity index (χ0) is 20.8. The van der Waals surface area contributed by atoms with Crippen LogP contribution in [0.2, 0.25) is 0 Å². The molecule has 29 heavy (non-hydrogen) atoms. The van der Waals surface area contributed by atoms with Gasteiger partial charge in [-0.1, -0.05) is 36.4 Å². The molecule has 3 aromatic rings. The molecule has 3 nitrogen and oxygen atoms in total. The van der Waals surface area contributed by atoms with Crippen molar-refractivity contribution < 1.29 is 13.9 Å². The monoisotopic (exact) mass is 505 g/mol. The molecule has 2 aromatic carbocycles. The van der Waals surface area contributed by atoms with Gasteiger partial charge in [0.2, 0.25) is 0 Å². The highest BCUT2D eigenvalue weighted by Crippen LogP contribution is 2.26. The summed E-state index contributed by atoms with van der Waals surface area (Å²) >= 11 is 2.15. The Hall–Kier alpha value is -1.99. The molecular formula is C24H25FINO2. The van der Waals surface area contributed by atoms with Crippen molar-refractivity contribution in [3.63, 3.8) is 0 Å². The Morgan fingerprint density at radius 2 is 1.79 bits per heavy atom. The van der Waals surface area contributed by atoms with Crippen molar-refractivity contribution in [1.82, 2.24) is 4.98 Å². The highest BCUT2D eigenvalue weighted by atomic mass is 127. The summed E-state index contributed by atoms with van der Waals surface area (Å²) in [5.74, 6) is 0.586. The highest BCUT2D eigenvalue weighted by molar-refractivity contribution is 14.1. The molecule has 0 aliphatic carbocycles. The van der Waals surface area contributed by atoms with Crippen LogP contribution in [0.3, 0.4) is 0 Å². The van der Waals surface area contributed by atoms with E-state index in [-0.39, 0.29) is 12.6 Å². The van der Waals surface area contributed by atoms with E-state index in [2.05, 4.69) is 46.6 Å². The lowest BCUT2D eigenvalue weighted by Crippen LogP contribution is -2.06. The first-order valence-electron chi connectivity index (χ1n) is 9.58. The fourth-order valence-electron chi connectivity index (χ4n) is 3.43. The Morgan fingerprint density at radius 3 is 2.48 bits per heavy atom. The summed E-state index contributed by atoms with van der Waals surface area (Å²) in [5.41, 5.74) is 5.70. The molecule has 1 heterocycles. The number of pyridine rings is 1. The van der Waals surface area contributed by atoms with Gasteiger partial charge in [0.1, 0.15) is 9.52 Å². The fraction of sp³-hybridized carbons (Fsp3) is 0.292. The number of benzene rings is 2. The van der Waals surface area contributed by atoms with Crippen molar-refractivity contribution >= 4 is 22.6 Å². The lowest BCUT2D eigenvalue weighted by atomic mass is 9.92. The molecule has 5 heteroatoms. The molecular weight excluding hydrogens is 480 g/mol. The van der Waals surface area contributed by atoms with Gasteiger partial charge in [0.15, 0.2) is 12.5 Å². The Kier molecular flexibility index (Phi) is 7.61. The number of hydrogen-bond acceptors (Lipinski definition) is 3. The predicted molar refractivity (Wildman–Crippen MR) is 122 cm³/mol. The van der Waals surface area contributed by atoms with Crippen molar-refractivity contribution in [2.24, 2.45) is 0 Å². The summed E-state index contributed by atoms with van der Waals surface area (Å²) in [6.45, 7) is 4.10. The minimum atomic E-state index is -0.101. The van der Waals surface area contributed by atoms with E-state index in [0.29, 0.717) is 24.2 Å². The van der Waals surface area contributed by atoms with E-state index in [1.54, 1.807) is 7.11 Å². The second-order valence-electron chi connectivity index (χ2n) is 7.07. The van der Waals surface area contributed by atoms with Crippen molar-refractivity contribution in [3.8, 4) is 5.75 Å². The van der Waals surface area contributed by atoms with E-state index >= 15 is 4.39 Å². The Morgan fingerprint density at radius 1 is 1.03 bits per heavy atom. The maximum absolute atomic E-state index is 15.1. The van der Waals surface area contributed by atoms with Gasteiger partial charge in [0, 0.05) is 19.2 Å². The normalized spacial score (nSPS) is 10.9. The van der Waals surface area contributed by atoms with Gasteiger partial charge in [-0.05, 0) is 89.2 Å². The molecule has 0 spiro atoms. The summed E-state index contributed by atoms with van der Waals surface area (Å²) in [7, 11) is 1.58. The van der Waals surface area contributed by atoms with Crippen LogP contribution in [0.5, 0.6) is 5.75 Å². The van der Waals surface area contributed by atoms with E-state index in [0.717, 1.165) is 32.5 Å². The molecule has 0 bridgehead atoms. The van der Waals surface area contributed by atoms with Gasteiger partial charge in [-0.25, -0.2) is 9.37 Å². The highest BCUT2D eigenvalue weighted by Gasteiger charge is 2.15. The molecule has 1 aromatic heterocycles. The Balaban J connectivity index is 1.78. The number of methoxy groups -OCH3 is 1. The van der Waals surface area contributed by atoms with E-state index in [1.165, 1.54) is 5.56 Å². The van der Waals surface area contributed by atoms with Gasteiger partial charge in [0.25, 0.3) is 0 Å². The second-order valence-corrected chi connectivity index (χ2v) is 8.10. The third-order valence-electron chi connectivity index (χ3n) is 5.02. The zero-order valence-corrected chi connectivity index (χ0v) is 19.1. The molecule has 0 aliphatic rings. The number of ether oxygens (including phenoxy) is 2. The third-order valence-corrected chi connectivity index (χ3v) is 5.79. The van der Waals surface area contributed by atoms with Crippen molar-refractivity contribution in [2.45, 2.75) is 33.1 Å². The van der Waals surface area contributed by atoms with Crippen LogP contribution in [-0.4, -0.2) is 18.9 Å². The first-order valence-corrected chi connectivity index (χ1v) is 10.7. The van der Waals surface area contributed by atoms with E-state index in [9.17, 15) is 0 Å². The molecule has 0 amide bonds. The molecule has 0 saturated carbocycles. The minimum absolute atomic E-state index is 0.101. The molecule has 0 N–H and O–H groups in total. The van der Waals surface area contributed by atoms with Crippen LogP contribution in [0.15, 0.2) is 48.5 Å². The molecule has 0 saturated heterocycles. The van der Waals surface area contributed by atoms with Gasteiger partial charge < -0.3 is 9.47 Å². The van der Waals surface area contributed by atoms with Crippen LogP contribution in [0.25, 0.3) is 0 Å². The molecule has 0 aliphatic heterocycles. The maximum atomic E-state index is 15.1. The zero-order valence-electron chi connectivity index (χ0n) is 17.0. The molecule has 0 radical (unpaired) electrons. The summed E-state index contributed by atoms with van der Waals surface area (Å²) < 4.78 is 26.3. The topological polar surface area (TPSA) is 31.4 Å². The van der Waals surface area contributed by atoms with Crippen molar-refractivity contribution in [1.29, 1.82) is 0 Å². The number of nitrogens with zero attached hydrogens (tertiary/aromatic N) is 1. The van der Waals surface area contributed by atoms with Gasteiger partial charge in [-0.3, -0.25) is 0 Å². The minimum Gasteiger partial charge on any atom is -0.465 e. The van der Waals surface area contributed by atoms with Crippen molar-refractivity contribution in [3.05, 3.63) is 91.6 Å². The van der Waals surface area contributed by atoms with Crippen molar-refractivity contribution in [2.75, 3.05) is 13.9 Å². The molecule has 0 fully saturated rings. The maximum Gasteiger partial charge on any atom is 0.188 e. The largest absolute Gasteiger partial charge is 0.465 e. The molecule has 0 unspecified atom stereocenters. The van der Waals surface area contributed by atoms with Crippen LogP contribution in [0, 0.1) is 23.4 Å². The first kappa shape index (κ1) is 21.7. The number of aryl methyl sites for hydroxylation is 3. The number of halogens is 2. The lowest BCUT2D eigenvalue weighted by Gasteiger charge is -2.15. The summed E-state index contributed by atoms with van der Waals surface area (Å²) in [6.07, 6.45) is 2.12. The quantitative estimate of drug-likeness (QED) is 0.220. The smallest absolute Gasteiger partial charge is 0.188 e. The van der Waals surface area contributed by atoms with Crippen LogP contribution < -0.4 is 4.74 Å². The predicted octanol–water partition coefficient (Wildman–Crippen LogP) is 5.80. The van der Waals surface area contributed by atoms with Crippen LogP contribution in [0.4, 0.5) is 4.39 Å². The summed E-state index contributed by atoms with van der Waals surface area (Å²) in [4.78, 5) is 4.62. The van der Waals surface area contributed by atoms with Crippen LogP contribution in [0.1, 0.15) is 33.5 Å². The lowest BCUT2D eigenvalue weighted by molar-refractivity contribution is 0.0501. The Bertz CT molecular complexity index is 976. The van der Waals surface area contributed by atoms with Crippen LogP contribution >= 0.6 is 22.6 Å². The van der Waals surface area contributed by atoms with Gasteiger partial charge >= 0.3 is 0 Å². The SMILES string of the molecule is COCOc1ccc(Cc2c(C)cc(CCc3ccccc3)c(F)c2C)nc1I. The van der Waals surface area contributed by atoms with E-state index in [4.69, 9.17) is 9.47 Å². The summed E-state index contributed by atoms with van der Waals surface area (Å²) in [5, 5.41) is 0. The first-order chi connectivity index (χ1) is 14.0. The summed E-state index contributed by atoms with van der Waals surface area (Å²) in [6, 6.07) is 16.0.